The molecular weight excluding hydrogens is 227 g/mol. The molecule has 0 radical (unpaired) electrons. The van der Waals surface area contributed by atoms with Crippen molar-refractivity contribution in [2.24, 2.45) is 17.8 Å². The Kier molecular flexibility index (Phi) is 4.87. The van der Waals surface area contributed by atoms with Gasteiger partial charge in [-0.05, 0) is 51.6 Å². The summed E-state index contributed by atoms with van der Waals surface area (Å²) in [4.78, 5) is 2.27. The molecule has 0 aromatic heterocycles. The Morgan fingerprint density at radius 1 is 1.00 bits per heavy atom. The molecule has 0 bridgehead atoms. The number of hydrogen-bond donors (Lipinski definition) is 0. The molecule has 102 valence electrons. The lowest BCUT2D eigenvalue weighted by atomic mass is 9.77. The smallest absolute Gasteiger partial charge is 0.301 e. The largest absolute Gasteiger partial charge is 0.392 e. The molecule has 1 heterocycles. The summed E-state index contributed by atoms with van der Waals surface area (Å²) in [5, 5.41) is 0. The van der Waals surface area contributed by atoms with Gasteiger partial charge >= 0.3 is 6.18 Å². The van der Waals surface area contributed by atoms with Crippen molar-refractivity contribution in [3.05, 3.63) is 0 Å². The molecule has 0 spiro atoms. The molecule has 17 heavy (non-hydrogen) atoms. The summed E-state index contributed by atoms with van der Waals surface area (Å²) < 4.78 is 39.0. The lowest BCUT2D eigenvalue weighted by Gasteiger charge is -2.39. The van der Waals surface area contributed by atoms with Crippen LogP contribution in [-0.2, 0) is 0 Å². The van der Waals surface area contributed by atoms with E-state index < -0.39 is 12.1 Å². The minimum Gasteiger partial charge on any atom is -0.301 e. The first-order valence-corrected chi connectivity index (χ1v) is 6.54. The highest BCUT2D eigenvalue weighted by molar-refractivity contribution is 4.84. The fourth-order valence-corrected chi connectivity index (χ4v) is 2.98. The Morgan fingerprint density at radius 3 is 1.76 bits per heavy atom. The minimum atomic E-state index is -4.04. The fourth-order valence-electron chi connectivity index (χ4n) is 2.98. The molecule has 1 saturated heterocycles. The predicted octanol–water partition coefficient (Wildman–Crippen LogP) is 3.94. The van der Waals surface area contributed by atoms with Crippen molar-refractivity contribution in [2.75, 3.05) is 13.1 Å². The van der Waals surface area contributed by atoms with E-state index in [4.69, 9.17) is 0 Å². The maximum absolute atomic E-state index is 13.0. The third-order valence-electron chi connectivity index (χ3n) is 3.91. The standard InChI is InChI=1S/C13H24F3N/c1-9(2)12(13(14,15)16)11-5-7-17(8-6-11)10(3)4/h9-12H,5-8H2,1-4H3. The van der Waals surface area contributed by atoms with Crippen LogP contribution in [0.3, 0.4) is 0 Å². The highest BCUT2D eigenvalue weighted by atomic mass is 19.4. The van der Waals surface area contributed by atoms with E-state index in [0.717, 1.165) is 13.1 Å². The zero-order valence-electron chi connectivity index (χ0n) is 11.2. The average molecular weight is 251 g/mol. The van der Waals surface area contributed by atoms with Crippen LogP contribution in [-0.4, -0.2) is 30.2 Å². The first-order valence-electron chi connectivity index (χ1n) is 6.54. The summed E-state index contributed by atoms with van der Waals surface area (Å²) in [5.41, 5.74) is 0. The third kappa shape index (κ3) is 3.87. The number of alkyl halides is 3. The monoisotopic (exact) mass is 251 g/mol. The second kappa shape index (κ2) is 5.59. The molecule has 4 heteroatoms. The summed E-state index contributed by atoms with van der Waals surface area (Å²) in [6, 6.07) is 0.444. The van der Waals surface area contributed by atoms with Crippen LogP contribution in [0, 0.1) is 17.8 Å². The van der Waals surface area contributed by atoms with Crippen molar-refractivity contribution in [3.8, 4) is 0 Å². The number of rotatable bonds is 3. The molecule has 0 amide bonds. The van der Waals surface area contributed by atoms with E-state index in [1.54, 1.807) is 13.8 Å². The molecule has 1 fully saturated rings. The Bertz CT molecular complexity index is 227. The van der Waals surface area contributed by atoms with Crippen LogP contribution >= 0.6 is 0 Å². The number of halogens is 3. The third-order valence-corrected chi connectivity index (χ3v) is 3.91. The normalized spacial score (nSPS) is 22.4. The molecule has 1 aliphatic rings. The summed E-state index contributed by atoms with van der Waals surface area (Å²) in [6.45, 7) is 9.19. The van der Waals surface area contributed by atoms with Crippen LogP contribution in [0.5, 0.6) is 0 Å². The van der Waals surface area contributed by atoms with Gasteiger partial charge in [0, 0.05) is 6.04 Å². The Hall–Kier alpha value is -0.250. The zero-order chi connectivity index (χ0) is 13.2. The van der Waals surface area contributed by atoms with Crippen LogP contribution in [0.15, 0.2) is 0 Å². The minimum absolute atomic E-state index is 0.190. The second-order valence-corrected chi connectivity index (χ2v) is 5.78. The Morgan fingerprint density at radius 2 is 1.47 bits per heavy atom. The molecule has 0 aromatic carbocycles. The molecular formula is C13H24F3N. The van der Waals surface area contributed by atoms with Crippen molar-refractivity contribution < 1.29 is 13.2 Å². The topological polar surface area (TPSA) is 3.24 Å². The van der Waals surface area contributed by atoms with Gasteiger partial charge in [0.15, 0.2) is 0 Å². The molecule has 0 N–H and O–H groups in total. The SMILES string of the molecule is CC(C)C(C1CCN(C(C)C)CC1)C(F)(F)F. The van der Waals surface area contributed by atoms with E-state index in [1.807, 2.05) is 0 Å². The van der Waals surface area contributed by atoms with Gasteiger partial charge in [-0.1, -0.05) is 13.8 Å². The van der Waals surface area contributed by atoms with Crippen molar-refractivity contribution in [2.45, 2.75) is 52.8 Å². The van der Waals surface area contributed by atoms with Crippen molar-refractivity contribution in [1.82, 2.24) is 4.90 Å². The molecule has 0 aromatic rings. The van der Waals surface area contributed by atoms with Gasteiger partial charge in [-0.25, -0.2) is 0 Å². The highest BCUT2D eigenvalue weighted by Crippen LogP contribution is 2.41. The first kappa shape index (κ1) is 14.8. The summed E-state index contributed by atoms with van der Waals surface area (Å²) >= 11 is 0. The average Bonchev–Trinajstić information content (AvgIpc) is 2.15. The molecule has 1 aliphatic heterocycles. The van der Waals surface area contributed by atoms with Gasteiger partial charge < -0.3 is 4.90 Å². The molecule has 0 aliphatic carbocycles. The first-order chi connectivity index (χ1) is 7.73. The maximum Gasteiger partial charge on any atom is 0.392 e. The van der Waals surface area contributed by atoms with Gasteiger partial charge in [0.05, 0.1) is 5.92 Å². The number of likely N-dealkylation sites (tertiary alicyclic amines) is 1. The summed E-state index contributed by atoms with van der Waals surface area (Å²) in [6.07, 6.45) is -2.68. The van der Waals surface area contributed by atoms with E-state index in [1.165, 1.54) is 0 Å². The van der Waals surface area contributed by atoms with Gasteiger partial charge in [-0.15, -0.1) is 0 Å². The van der Waals surface area contributed by atoms with Gasteiger partial charge in [0.2, 0.25) is 0 Å². The Balaban J connectivity index is 2.62. The van der Waals surface area contributed by atoms with Crippen LogP contribution in [0.1, 0.15) is 40.5 Å². The quantitative estimate of drug-likeness (QED) is 0.734. The zero-order valence-corrected chi connectivity index (χ0v) is 11.2. The highest BCUT2D eigenvalue weighted by Gasteiger charge is 2.46. The van der Waals surface area contributed by atoms with Gasteiger partial charge in [0.25, 0.3) is 0 Å². The number of piperidine rings is 1. The van der Waals surface area contributed by atoms with E-state index in [0.29, 0.717) is 18.9 Å². The molecule has 1 atom stereocenters. The fraction of sp³-hybridized carbons (Fsp3) is 1.00. The summed E-state index contributed by atoms with van der Waals surface area (Å²) in [5.74, 6) is -1.63. The van der Waals surface area contributed by atoms with E-state index >= 15 is 0 Å². The Labute approximate surface area is 102 Å². The predicted molar refractivity (Wildman–Crippen MR) is 63.8 cm³/mol. The second-order valence-electron chi connectivity index (χ2n) is 5.78. The van der Waals surface area contributed by atoms with E-state index in [-0.39, 0.29) is 11.8 Å². The van der Waals surface area contributed by atoms with Gasteiger partial charge in [0.1, 0.15) is 0 Å². The van der Waals surface area contributed by atoms with Crippen LogP contribution in [0.2, 0.25) is 0 Å². The van der Waals surface area contributed by atoms with Crippen LogP contribution in [0.4, 0.5) is 13.2 Å². The van der Waals surface area contributed by atoms with Crippen molar-refractivity contribution in [3.63, 3.8) is 0 Å². The van der Waals surface area contributed by atoms with E-state index in [9.17, 15) is 13.2 Å². The lowest BCUT2D eigenvalue weighted by molar-refractivity contribution is -0.205. The number of nitrogens with zero attached hydrogens (tertiary/aromatic N) is 1. The summed E-state index contributed by atoms with van der Waals surface area (Å²) in [7, 11) is 0. The number of hydrogen-bond acceptors (Lipinski definition) is 1. The van der Waals surface area contributed by atoms with Crippen LogP contribution < -0.4 is 0 Å². The van der Waals surface area contributed by atoms with Gasteiger partial charge in [-0.3, -0.25) is 0 Å². The van der Waals surface area contributed by atoms with Gasteiger partial charge in [-0.2, -0.15) is 13.2 Å². The molecule has 1 rings (SSSR count). The molecule has 0 saturated carbocycles. The molecule has 1 unspecified atom stereocenters. The van der Waals surface area contributed by atoms with Crippen LogP contribution in [0.25, 0.3) is 0 Å². The van der Waals surface area contributed by atoms with Crippen molar-refractivity contribution >= 4 is 0 Å². The lowest BCUT2D eigenvalue weighted by Crippen LogP contribution is -2.44. The maximum atomic E-state index is 13.0. The van der Waals surface area contributed by atoms with Crippen molar-refractivity contribution in [1.29, 1.82) is 0 Å². The molecule has 1 nitrogen and oxygen atoms in total. The van der Waals surface area contributed by atoms with E-state index in [2.05, 4.69) is 18.7 Å².